The van der Waals surface area contributed by atoms with Gasteiger partial charge in [0.05, 0.1) is 11.6 Å². The van der Waals surface area contributed by atoms with Crippen LogP contribution in [0.15, 0.2) is 60.3 Å². The summed E-state index contributed by atoms with van der Waals surface area (Å²) in [5.41, 5.74) is 5.97. The van der Waals surface area contributed by atoms with Gasteiger partial charge in [-0.1, -0.05) is 49.7 Å². The maximum absolute atomic E-state index is 13.3. The Morgan fingerprint density at radius 2 is 1.89 bits per heavy atom. The zero-order valence-electron chi connectivity index (χ0n) is 15.9. The highest BCUT2D eigenvalue weighted by Gasteiger charge is 2.41. The Kier molecular flexibility index (Phi) is 3.85. The number of hydrogen-bond acceptors (Lipinski definition) is 3. The fraction of sp³-hybridized carbons (Fsp3) is 0.250. The van der Waals surface area contributed by atoms with E-state index < -0.39 is 0 Å². The van der Waals surface area contributed by atoms with Gasteiger partial charge in [0.25, 0.3) is 0 Å². The molecule has 2 aromatic carbocycles. The summed E-state index contributed by atoms with van der Waals surface area (Å²) in [5.74, 6) is 0.204. The third-order valence-electron chi connectivity index (χ3n) is 5.81. The number of pyridine rings is 1. The Morgan fingerprint density at radius 3 is 2.71 bits per heavy atom. The molecule has 3 aromatic rings. The zero-order chi connectivity index (χ0) is 19.5. The summed E-state index contributed by atoms with van der Waals surface area (Å²) >= 11 is 6.53. The number of carbonyl (C=O) groups excluding carboxylic acids is 1. The van der Waals surface area contributed by atoms with Crippen LogP contribution in [0, 0.1) is 5.41 Å². The molecule has 28 heavy (non-hydrogen) atoms. The number of hydrogen-bond donors (Lipinski definition) is 1. The van der Waals surface area contributed by atoms with Crippen LogP contribution >= 0.6 is 11.6 Å². The number of nitrogens with one attached hydrogen (secondary N) is 1. The molecule has 140 valence electrons. The monoisotopic (exact) mass is 388 g/mol. The first-order valence-electron chi connectivity index (χ1n) is 9.60. The average molecular weight is 389 g/mol. The molecule has 0 saturated carbocycles. The second-order valence-corrected chi connectivity index (χ2v) is 8.90. The van der Waals surface area contributed by atoms with E-state index >= 15 is 0 Å². The topological polar surface area (TPSA) is 42.0 Å². The van der Waals surface area contributed by atoms with E-state index in [0.717, 1.165) is 45.3 Å². The van der Waals surface area contributed by atoms with Crippen LogP contribution in [0.5, 0.6) is 0 Å². The number of rotatable bonds is 1. The molecule has 1 aliphatic carbocycles. The predicted molar refractivity (Wildman–Crippen MR) is 115 cm³/mol. The summed E-state index contributed by atoms with van der Waals surface area (Å²) in [5, 5.41) is 5.37. The van der Waals surface area contributed by atoms with Crippen molar-refractivity contribution in [3.63, 3.8) is 0 Å². The fourth-order valence-corrected chi connectivity index (χ4v) is 4.91. The van der Waals surface area contributed by atoms with Gasteiger partial charge in [0.1, 0.15) is 0 Å². The van der Waals surface area contributed by atoms with Gasteiger partial charge in [-0.2, -0.15) is 0 Å². The molecule has 1 aromatic heterocycles. The van der Waals surface area contributed by atoms with Crippen LogP contribution in [0.4, 0.5) is 5.69 Å². The van der Waals surface area contributed by atoms with Crippen molar-refractivity contribution in [3.8, 4) is 0 Å². The Bertz CT molecular complexity index is 1160. The molecule has 1 N–H and O–H groups in total. The second-order valence-electron chi connectivity index (χ2n) is 8.49. The number of halogens is 1. The Labute approximate surface area is 169 Å². The van der Waals surface area contributed by atoms with Crippen LogP contribution in [-0.4, -0.2) is 10.8 Å². The lowest BCUT2D eigenvalue weighted by Crippen LogP contribution is -2.33. The van der Waals surface area contributed by atoms with Crippen molar-refractivity contribution >= 4 is 39.5 Å². The maximum atomic E-state index is 13.3. The Balaban J connectivity index is 1.83. The first-order chi connectivity index (χ1) is 13.4. The molecule has 2 aliphatic rings. The number of ketones is 1. The van der Waals surface area contributed by atoms with E-state index in [9.17, 15) is 4.79 Å². The normalized spacial score (nSPS) is 20.5. The minimum atomic E-state index is -0.228. The van der Waals surface area contributed by atoms with Crippen molar-refractivity contribution < 1.29 is 4.79 Å². The molecule has 0 amide bonds. The number of Topliss-reactive ketones (excluding diaryl/α,β-unsaturated/α-hetero) is 1. The lowest BCUT2D eigenvalue weighted by atomic mass is 9.68. The van der Waals surface area contributed by atoms with E-state index in [1.165, 1.54) is 0 Å². The molecule has 0 unspecified atom stereocenters. The number of allylic oxidation sites excluding steroid dienone is 1. The SMILES string of the molecule is CC1(C)CC(=O)C2=C(C1)c1c(ccc3ncccc13)N[C@H]2c1ccccc1Cl. The van der Waals surface area contributed by atoms with E-state index in [0.29, 0.717) is 11.4 Å². The summed E-state index contributed by atoms with van der Waals surface area (Å²) in [6, 6.07) is 15.7. The Morgan fingerprint density at radius 1 is 1.07 bits per heavy atom. The van der Waals surface area contributed by atoms with Crippen LogP contribution in [0.2, 0.25) is 5.02 Å². The van der Waals surface area contributed by atoms with Gasteiger partial charge in [0.2, 0.25) is 0 Å². The number of fused-ring (bicyclic) bond motifs is 4. The van der Waals surface area contributed by atoms with Crippen LogP contribution in [0.1, 0.15) is 43.9 Å². The summed E-state index contributed by atoms with van der Waals surface area (Å²) < 4.78 is 0. The summed E-state index contributed by atoms with van der Waals surface area (Å²) in [6.07, 6.45) is 3.22. The molecule has 0 fully saturated rings. The zero-order valence-corrected chi connectivity index (χ0v) is 16.7. The van der Waals surface area contributed by atoms with E-state index in [4.69, 9.17) is 11.6 Å². The average Bonchev–Trinajstić information content (AvgIpc) is 2.66. The van der Waals surface area contributed by atoms with Crippen molar-refractivity contribution in [2.45, 2.75) is 32.7 Å². The van der Waals surface area contributed by atoms with Gasteiger partial charge in [-0.05, 0) is 47.2 Å². The van der Waals surface area contributed by atoms with Crippen LogP contribution < -0.4 is 5.32 Å². The van der Waals surface area contributed by atoms with Crippen LogP contribution in [-0.2, 0) is 4.79 Å². The molecule has 0 bridgehead atoms. The highest BCUT2D eigenvalue weighted by Crippen LogP contribution is 2.52. The van der Waals surface area contributed by atoms with Crippen LogP contribution in [0.25, 0.3) is 16.5 Å². The highest BCUT2D eigenvalue weighted by atomic mass is 35.5. The molecule has 3 nitrogen and oxygen atoms in total. The first-order valence-corrected chi connectivity index (χ1v) is 9.98. The molecule has 0 spiro atoms. The molecule has 1 atom stereocenters. The van der Waals surface area contributed by atoms with Gasteiger partial charge in [-0.25, -0.2) is 0 Å². The number of nitrogens with zero attached hydrogens (tertiary/aromatic N) is 1. The summed E-state index contributed by atoms with van der Waals surface area (Å²) in [4.78, 5) is 17.8. The van der Waals surface area contributed by atoms with Crippen molar-refractivity contribution in [1.29, 1.82) is 0 Å². The first kappa shape index (κ1) is 17.4. The lowest BCUT2D eigenvalue weighted by molar-refractivity contribution is -0.118. The number of anilines is 1. The smallest absolute Gasteiger partial charge is 0.162 e. The van der Waals surface area contributed by atoms with Crippen molar-refractivity contribution in [1.82, 2.24) is 4.98 Å². The molecule has 0 radical (unpaired) electrons. The molecule has 0 saturated heterocycles. The molecule has 2 heterocycles. The van der Waals surface area contributed by atoms with Crippen molar-refractivity contribution in [2.75, 3.05) is 5.32 Å². The maximum Gasteiger partial charge on any atom is 0.162 e. The Hall–Kier alpha value is -2.65. The summed E-state index contributed by atoms with van der Waals surface area (Å²) in [7, 11) is 0. The van der Waals surface area contributed by atoms with Crippen molar-refractivity contribution in [2.24, 2.45) is 5.41 Å². The van der Waals surface area contributed by atoms with Gasteiger partial charge < -0.3 is 5.32 Å². The van der Waals surface area contributed by atoms with E-state index in [1.807, 2.05) is 42.6 Å². The van der Waals surface area contributed by atoms with Gasteiger partial charge in [-0.15, -0.1) is 0 Å². The van der Waals surface area contributed by atoms with Gasteiger partial charge in [0.15, 0.2) is 5.78 Å². The number of benzene rings is 2. The fourth-order valence-electron chi connectivity index (χ4n) is 4.66. The third-order valence-corrected chi connectivity index (χ3v) is 6.16. The minimum absolute atomic E-state index is 0.0695. The standard InChI is InChI=1S/C24H21ClN2O/c1-24(2)12-16-21-15-7-5-11-26-18(15)9-10-19(21)27-23(22(16)20(28)13-24)14-6-3-4-8-17(14)25/h3-11,23,27H,12-13H2,1-2H3/t23-/m0/s1. The number of carbonyl (C=O) groups is 1. The molecule has 1 aliphatic heterocycles. The lowest BCUT2D eigenvalue weighted by Gasteiger charge is -2.40. The molecule has 4 heteroatoms. The van der Waals surface area contributed by atoms with Gasteiger partial charge in [-0.3, -0.25) is 9.78 Å². The van der Waals surface area contributed by atoms with Crippen molar-refractivity contribution in [3.05, 3.63) is 76.5 Å². The minimum Gasteiger partial charge on any atom is -0.373 e. The van der Waals surface area contributed by atoms with E-state index in [-0.39, 0.29) is 17.2 Å². The molecule has 5 rings (SSSR count). The third kappa shape index (κ3) is 2.65. The predicted octanol–water partition coefficient (Wildman–Crippen LogP) is 6.20. The second kappa shape index (κ2) is 6.18. The van der Waals surface area contributed by atoms with Gasteiger partial charge in [0, 0.05) is 39.9 Å². The quantitative estimate of drug-likeness (QED) is 0.539. The van der Waals surface area contributed by atoms with Gasteiger partial charge >= 0.3 is 0 Å². The number of aromatic nitrogens is 1. The van der Waals surface area contributed by atoms with E-state index in [1.54, 1.807) is 0 Å². The molecular formula is C24H21ClN2O. The van der Waals surface area contributed by atoms with E-state index in [2.05, 4.69) is 36.3 Å². The largest absolute Gasteiger partial charge is 0.373 e. The molecular weight excluding hydrogens is 368 g/mol. The van der Waals surface area contributed by atoms with Crippen LogP contribution in [0.3, 0.4) is 0 Å². The summed E-state index contributed by atoms with van der Waals surface area (Å²) in [6.45, 7) is 4.34. The highest BCUT2D eigenvalue weighted by molar-refractivity contribution is 6.31.